The lowest BCUT2D eigenvalue weighted by Crippen LogP contribution is -2.42. The minimum Gasteiger partial charge on any atom is -0.207 e. The summed E-state index contributed by atoms with van der Waals surface area (Å²) >= 11 is 9.29. The summed E-state index contributed by atoms with van der Waals surface area (Å²) in [5.74, 6) is 0. The minimum absolute atomic E-state index is 0.116. The number of benzene rings is 1. The van der Waals surface area contributed by atoms with Gasteiger partial charge in [-0.25, -0.2) is 8.42 Å². The number of rotatable bonds is 5. The van der Waals surface area contributed by atoms with E-state index in [9.17, 15) is 8.42 Å². The molecule has 0 N–H and O–H groups in total. The number of sulfonamides is 1. The van der Waals surface area contributed by atoms with E-state index in [1.54, 1.807) is 22.5 Å². The molecule has 0 radical (unpaired) electrons. The maximum atomic E-state index is 12.8. The topological polar surface area (TPSA) is 37.4 Å². The van der Waals surface area contributed by atoms with Crippen molar-refractivity contribution >= 4 is 37.6 Å². The van der Waals surface area contributed by atoms with E-state index < -0.39 is 10.0 Å². The van der Waals surface area contributed by atoms with Gasteiger partial charge in [-0.1, -0.05) is 52.9 Å². The summed E-state index contributed by atoms with van der Waals surface area (Å²) in [4.78, 5) is 0.288. The fraction of sp³-hybridized carbons (Fsp3) is 0.571. The van der Waals surface area contributed by atoms with Crippen LogP contribution in [0.25, 0.3) is 0 Å². The molecule has 112 valence electrons. The standard InChI is InChI=1S/C14H19BrClNO2S/c15-9-10-17(13-6-2-1-3-7-13)20(18,19)14-8-4-5-12(16)11-14/h4-5,8,11,13H,1-3,6-7,9-10H2. The number of nitrogens with zero attached hydrogens (tertiary/aromatic N) is 1. The molecule has 1 saturated carbocycles. The molecule has 1 fully saturated rings. The summed E-state index contributed by atoms with van der Waals surface area (Å²) < 4.78 is 27.3. The maximum Gasteiger partial charge on any atom is 0.243 e. The van der Waals surface area contributed by atoms with E-state index in [-0.39, 0.29) is 10.9 Å². The SMILES string of the molecule is O=S(=O)(c1cccc(Cl)c1)N(CCBr)C1CCCCC1. The van der Waals surface area contributed by atoms with Crippen LogP contribution in [-0.2, 0) is 10.0 Å². The molecule has 1 aliphatic rings. The first-order valence-electron chi connectivity index (χ1n) is 6.89. The molecule has 0 amide bonds. The van der Waals surface area contributed by atoms with Gasteiger partial charge in [-0.05, 0) is 31.0 Å². The Kier molecular flexibility index (Phi) is 5.90. The molecule has 0 aliphatic heterocycles. The molecule has 3 nitrogen and oxygen atoms in total. The van der Waals surface area contributed by atoms with Gasteiger partial charge < -0.3 is 0 Å². The van der Waals surface area contributed by atoms with Crippen molar-refractivity contribution in [2.75, 3.05) is 11.9 Å². The van der Waals surface area contributed by atoms with Crippen LogP contribution in [0.2, 0.25) is 5.02 Å². The summed E-state index contributed by atoms with van der Waals surface area (Å²) in [6.07, 6.45) is 5.32. The molecule has 1 aromatic carbocycles. The predicted molar refractivity (Wildman–Crippen MR) is 86.0 cm³/mol. The van der Waals surface area contributed by atoms with Crippen molar-refractivity contribution in [3.05, 3.63) is 29.3 Å². The summed E-state index contributed by atoms with van der Waals surface area (Å²) in [7, 11) is -3.47. The van der Waals surface area contributed by atoms with E-state index in [4.69, 9.17) is 11.6 Å². The first-order chi connectivity index (χ1) is 9.55. The van der Waals surface area contributed by atoms with E-state index >= 15 is 0 Å². The first kappa shape index (κ1) is 16.3. The Bertz CT molecular complexity index is 544. The normalized spacial score (nSPS) is 17.6. The smallest absolute Gasteiger partial charge is 0.207 e. The molecule has 1 aromatic rings. The lowest BCUT2D eigenvalue weighted by Gasteiger charge is -2.33. The van der Waals surface area contributed by atoms with Crippen molar-refractivity contribution < 1.29 is 8.42 Å². The highest BCUT2D eigenvalue weighted by atomic mass is 79.9. The Morgan fingerprint density at radius 2 is 1.95 bits per heavy atom. The van der Waals surface area contributed by atoms with Gasteiger partial charge in [0.25, 0.3) is 0 Å². The Labute approximate surface area is 134 Å². The van der Waals surface area contributed by atoms with Crippen LogP contribution >= 0.6 is 27.5 Å². The fourth-order valence-electron chi connectivity index (χ4n) is 2.71. The van der Waals surface area contributed by atoms with Gasteiger partial charge in [-0.3, -0.25) is 0 Å². The molecular formula is C14H19BrClNO2S. The maximum absolute atomic E-state index is 12.8. The molecule has 0 aromatic heterocycles. The van der Waals surface area contributed by atoms with E-state index in [0.29, 0.717) is 16.9 Å². The Morgan fingerprint density at radius 3 is 2.55 bits per heavy atom. The second-order valence-electron chi connectivity index (χ2n) is 5.05. The number of halogens is 2. The van der Waals surface area contributed by atoms with Crippen molar-refractivity contribution in [1.29, 1.82) is 0 Å². The van der Waals surface area contributed by atoms with E-state index in [1.165, 1.54) is 12.5 Å². The number of hydrogen-bond donors (Lipinski definition) is 0. The lowest BCUT2D eigenvalue weighted by atomic mass is 9.95. The van der Waals surface area contributed by atoms with Crippen LogP contribution in [0.1, 0.15) is 32.1 Å². The molecule has 0 saturated heterocycles. The molecule has 0 heterocycles. The van der Waals surface area contributed by atoms with Crippen LogP contribution in [0.4, 0.5) is 0 Å². The highest BCUT2D eigenvalue weighted by molar-refractivity contribution is 9.09. The third kappa shape index (κ3) is 3.75. The summed E-state index contributed by atoms with van der Waals surface area (Å²) in [6.45, 7) is 0.500. The van der Waals surface area contributed by atoms with Gasteiger partial charge in [0.05, 0.1) is 4.90 Å². The molecule has 2 rings (SSSR count). The van der Waals surface area contributed by atoms with Gasteiger partial charge in [0.15, 0.2) is 0 Å². The van der Waals surface area contributed by atoms with E-state index in [1.807, 2.05) is 0 Å². The zero-order valence-electron chi connectivity index (χ0n) is 11.3. The molecular weight excluding hydrogens is 362 g/mol. The second-order valence-corrected chi connectivity index (χ2v) is 8.17. The molecule has 6 heteroatoms. The van der Waals surface area contributed by atoms with Crippen LogP contribution in [0, 0.1) is 0 Å². The zero-order valence-corrected chi connectivity index (χ0v) is 14.4. The van der Waals surface area contributed by atoms with E-state index in [2.05, 4.69) is 15.9 Å². The second kappa shape index (κ2) is 7.25. The Hall–Kier alpha value is -0.100. The number of alkyl halides is 1. The van der Waals surface area contributed by atoms with Gasteiger partial charge in [0.1, 0.15) is 0 Å². The van der Waals surface area contributed by atoms with Crippen LogP contribution in [0.3, 0.4) is 0 Å². The Morgan fingerprint density at radius 1 is 1.25 bits per heavy atom. The van der Waals surface area contributed by atoms with Crippen LogP contribution in [-0.4, -0.2) is 30.6 Å². The number of hydrogen-bond acceptors (Lipinski definition) is 2. The molecule has 20 heavy (non-hydrogen) atoms. The van der Waals surface area contributed by atoms with Gasteiger partial charge in [0.2, 0.25) is 10.0 Å². The molecule has 0 atom stereocenters. The first-order valence-corrected chi connectivity index (χ1v) is 9.83. The van der Waals surface area contributed by atoms with Crippen molar-refractivity contribution in [1.82, 2.24) is 4.31 Å². The molecule has 0 unspecified atom stereocenters. The summed E-state index contributed by atoms with van der Waals surface area (Å²) in [5, 5.41) is 1.09. The minimum atomic E-state index is -3.47. The highest BCUT2D eigenvalue weighted by Gasteiger charge is 2.31. The molecule has 1 aliphatic carbocycles. The predicted octanol–water partition coefficient (Wildman–Crippen LogP) is 4.06. The average molecular weight is 381 g/mol. The van der Waals surface area contributed by atoms with Crippen LogP contribution in [0.5, 0.6) is 0 Å². The third-order valence-electron chi connectivity index (χ3n) is 3.69. The van der Waals surface area contributed by atoms with Gasteiger partial charge in [-0.15, -0.1) is 0 Å². The summed E-state index contributed by atoms with van der Waals surface area (Å²) in [5.41, 5.74) is 0. The van der Waals surface area contributed by atoms with Crippen LogP contribution < -0.4 is 0 Å². The monoisotopic (exact) mass is 379 g/mol. The van der Waals surface area contributed by atoms with Crippen molar-refractivity contribution in [3.8, 4) is 0 Å². The summed E-state index contributed by atoms with van der Waals surface area (Å²) in [6, 6.07) is 6.63. The largest absolute Gasteiger partial charge is 0.243 e. The van der Waals surface area contributed by atoms with Crippen molar-refractivity contribution in [3.63, 3.8) is 0 Å². The fourth-order valence-corrected chi connectivity index (χ4v) is 5.32. The molecule has 0 bridgehead atoms. The van der Waals surface area contributed by atoms with Crippen molar-refractivity contribution in [2.24, 2.45) is 0 Å². The van der Waals surface area contributed by atoms with Gasteiger partial charge >= 0.3 is 0 Å². The third-order valence-corrected chi connectivity index (χ3v) is 6.23. The lowest BCUT2D eigenvalue weighted by molar-refractivity contribution is 0.263. The zero-order chi connectivity index (χ0) is 14.6. The Balaban J connectivity index is 2.31. The van der Waals surface area contributed by atoms with Gasteiger partial charge in [0, 0.05) is 22.9 Å². The average Bonchev–Trinajstić information content (AvgIpc) is 2.45. The highest BCUT2D eigenvalue weighted by Crippen LogP contribution is 2.28. The quantitative estimate of drug-likeness (QED) is 0.722. The van der Waals surface area contributed by atoms with Crippen molar-refractivity contribution in [2.45, 2.75) is 43.0 Å². The van der Waals surface area contributed by atoms with Gasteiger partial charge in [-0.2, -0.15) is 4.31 Å². The molecule has 0 spiro atoms. The van der Waals surface area contributed by atoms with Crippen LogP contribution in [0.15, 0.2) is 29.2 Å². The van der Waals surface area contributed by atoms with E-state index in [0.717, 1.165) is 25.7 Å².